The lowest BCUT2D eigenvalue weighted by molar-refractivity contribution is 0.262. The summed E-state index contributed by atoms with van der Waals surface area (Å²) in [4.78, 5) is 12.2. The zero-order chi connectivity index (χ0) is 15.5. The van der Waals surface area contributed by atoms with Crippen molar-refractivity contribution in [3.63, 3.8) is 0 Å². The molecule has 2 N–H and O–H groups in total. The van der Waals surface area contributed by atoms with E-state index in [2.05, 4.69) is 10.6 Å². The number of nitrogens with one attached hydrogen (secondary N) is 2. The van der Waals surface area contributed by atoms with Crippen molar-refractivity contribution in [2.24, 2.45) is 7.05 Å². The number of benzene rings is 2. The number of para-hydroxylation sites is 1. The van der Waals surface area contributed by atoms with Gasteiger partial charge in [-0.3, -0.25) is 0 Å². The molecule has 22 heavy (non-hydrogen) atoms. The minimum absolute atomic E-state index is 0.287. The number of nitrogens with zero attached hydrogens (tertiary/aromatic N) is 1. The number of rotatable bonds is 3. The monoisotopic (exact) mass is 295 g/mol. The van der Waals surface area contributed by atoms with Gasteiger partial charge < -0.3 is 19.9 Å². The highest BCUT2D eigenvalue weighted by Crippen LogP contribution is 2.25. The molecule has 0 unspecified atom stereocenters. The predicted octanol–water partition coefficient (Wildman–Crippen LogP) is 3.83. The van der Waals surface area contributed by atoms with Crippen molar-refractivity contribution in [3.8, 4) is 5.75 Å². The van der Waals surface area contributed by atoms with E-state index in [-0.39, 0.29) is 6.03 Å². The van der Waals surface area contributed by atoms with Crippen LogP contribution in [0.3, 0.4) is 0 Å². The van der Waals surface area contributed by atoms with Crippen molar-refractivity contribution in [1.82, 2.24) is 4.57 Å². The van der Waals surface area contributed by atoms with Gasteiger partial charge in [0.15, 0.2) is 0 Å². The van der Waals surface area contributed by atoms with E-state index in [1.165, 1.54) is 0 Å². The highest BCUT2D eigenvalue weighted by molar-refractivity contribution is 6.06. The molecule has 0 aliphatic carbocycles. The maximum Gasteiger partial charge on any atom is 0.323 e. The highest BCUT2D eigenvalue weighted by atomic mass is 16.5. The lowest BCUT2D eigenvalue weighted by Gasteiger charge is -2.08. The third kappa shape index (κ3) is 2.74. The quantitative estimate of drug-likeness (QED) is 0.771. The molecule has 2 aromatic carbocycles. The fraction of sp³-hybridized carbons (Fsp3) is 0.118. The van der Waals surface area contributed by atoms with Crippen LogP contribution in [0, 0.1) is 0 Å². The molecule has 0 atom stereocenters. The Morgan fingerprint density at radius 2 is 1.91 bits per heavy atom. The van der Waals surface area contributed by atoms with Crippen LogP contribution < -0.4 is 15.4 Å². The van der Waals surface area contributed by atoms with Crippen molar-refractivity contribution in [1.29, 1.82) is 0 Å². The minimum atomic E-state index is -0.287. The summed E-state index contributed by atoms with van der Waals surface area (Å²) in [6.45, 7) is 0. The van der Waals surface area contributed by atoms with Gasteiger partial charge in [-0.25, -0.2) is 4.79 Å². The fourth-order valence-corrected chi connectivity index (χ4v) is 2.43. The van der Waals surface area contributed by atoms with Crippen molar-refractivity contribution in [2.75, 3.05) is 17.7 Å². The summed E-state index contributed by atoms with van der Waals surface area (Å²) in [5, 5.41) is 6.69. The van der Waals surface area contributed by atoms with Crippen LogP contribution in [0.4, 0.5) is 16.2 Å². The van der Waals surface area contributed by atoms with Crippen LogP contribution in [0.15, 0.2) is 54.7 Å². The van der Waals surface area contributed by atoms with Crippen molar-refractivity contribution >= 4 is 28.3 Å². The third-order valence-corrected chi connectivity index (χ3v) is 3.47. The SMILES string of the molecule is COc1cccc(NC(=O)Nc2cn(C)c3ccccc23)c1. The van der Waals surface area contributed by atoms with Gasteiger partial charge in [0.1, 0.15) is 5.75 Å². The Balaban J connectivity index is 1.78. The van der Waals surface area contributed by atoms with Gasteiger partial charge in [0.05, 0.1) is 12.8 Å². The second-order valence-electron chi connectivity index (χ2n) is 4.98. The van der Waals surface area contributed by atoms with Gasteiger partial charge in [0.2, 0.25) is 0 Å². The number of hydrogen-bond acceptors (Lipinski definition) is 2. The zero-order valence-corrected chi connectivity index (χ0v) is 12.5. The first-order valence-electron chi connectivity index (χ1n) is 6.93. The van der Waals surface area contributed by atoms with Crippen LogP contribution in [-0.4, -0.2) is 17.7 Å². The van der Waals surface area contributed by atoms with Crippen molar-refractivity contribution in [2.45, 2.75) is 0 Å². The van der Waals surface area contributed by atoms with Crippen LogP contribution in [0.2, 0.25) is 0 Å². The smallest absolute Gasteiger partial charge is 0.323 e. The minimum Gasteiger partial charge on any atom is -0.497 e. The molecule has 112 valence electrons. The Morgan fingerprint density at radius 1 is 1.09 bits per heavy atom. The lowest BCUT2D eigenvalue weighted by Crippen LogP contribution is -2.19. The summed E-state index contributed by atoms with van der Waals surface area (Å²) < 4.78 is 7.12. The summed E-state index contributed by atoms with van der Waals surface area (Å²) in [5.41, 5.74) is 2.52. The van der Waals surface area contributed by atoms with Crippen LogP contribution in [0.5, 0.6) is 5.75 Å². The van der Waals surface area contributed by atoms with E-state index >= 15 is 0 Å². The summed E-state index contributed by atoms with van der Waals surface area (Å²) in [5.74, 6) is 0.697. The van der Waals surface area contributed by atoms with Crippen LogP contribution >= 0.6 is 0 Å². The number of anilines is 2. The molecule has 0 fully saturated rings. The first-order chi connectivity index (χ1) is 10.7. The number of urea groups is 1. The molecule has 1 heterocycles. The van der Waals surface area contributed by atoms with Gasteiger partial charge in [-0.1, -0.05) is 24.3 Å². The molecule has 0 bridgehead atoms. The largest absolute Gasteiger partial charge is 0.497 e. The zero-order valence-electron chi connectivity index (χ0n) is 12.5. The van der Waals surface area contributed by atoms with E-state index in [9.17, 15) is 4.79 Å². The van der Waals surface area contributed by atoms with Gasteiger partial charge in [0, 0.05) is 35.9 Å². The molecule has 0 saturated carbocycles. The summed E-state index contributed by atoms with van der Waals surface area (Å²) in [6, 6.07) is 14.9. The first kappa shape index (κ1) is 14.0. The van der Waals surface area contributed by atoms with Crippen LogP contribution in [0.25, 0.3) is 10.9 Å². The van der Waals surface area contributed by atoms with Gasteiger partial charge in [-0.15, -0.1) is 0 Å². The number of ether oxygens (including phenoxy) is 1. The number of aryl methyl sites for hydroxylation is 1. The molecular weight excluding hydrogens is 278 g/mol. The first-order valence-corrected chi connectivity index (χ1v) is 6.93. The Hall–Kier alpha value is -2.95. The number of carbonyl (C=O) groups excluding carboxylic acids is 1. The molecule has 3 rings (SSSR count). The fourth-order valence-electron chi connectivity index (χ4n) is 2.43. The normalized spacial score (nSPS) is 10.5. The number of hydrogen-bond donors (Lipinski definition) is 2. The van der Waals surface area contributed by atoms with E-state index < -0.39 is 0 Å². The molecule has 0 aliphatic rings. The molecule has 5 heteroatoms. The number of aromatic nitrogens is 1. The van der Waals surface area contributed by atoms with E-state index in [1.54, 1.807) is 13.2 Å². The molecule has 0 aliphatic heterocycles. The van der Waals surface area contributed by atoms with Crippen LogP contribution in [0.1, 0.15) is 0 Å². The van der Waals surface area contributed by atoms with E-state index in [1.807, 2.05) is 60.3 Å². The van der Waals surface area contributed by atoms with Gasteiger partial charge >= 0.3 is 6.03 Å². The molecule has 0 saturated heterocycles. The van der Waals surface area contributed by atoms with Crippen LogP contribution in [-0.2, 0) is 7.05 Å². The second-order valence-corrected chi connectivity index (χ2v) is 4.98. The van der Waals surface area contributed by atoms with Crippen molar-refractivity contribution < 1.29 is 9.53 Å². The van der Waals surface area contributed by atoms with Crippen molar-refractivity contribution in [3.05, 3.63) is 54.7 Å². The Labute approximate surface area is 128 Å². The third-order valence-electron chi connectivity index (χ3n) is 3.47. The molecular formula is C17H17N3O2. The van der Waals surface area contributed by atoms with Gasteiger partial charge in [0.25, 0.3) is 0 Å². The topological polar surface area (TPSA) is 55.3 Å². The molecule has 0 radical (unpaired) electrons. The molecule has 3 aromatic rings. The summed E-state index contributed by atoms with van der Waals surface area (Å²) >= 11 is 0. The Kier molecular flexibility index (Phi) is 3.70. The second kappa shape index (κ2) is 5.81. The number of fused-ring (bicyclic) bond motifs is 1. The molecule has 2 amide bonds. The van der Waals surface area contributed by atoms with E-state index in [0.717, 1.165) is 16.6 Å². The molecule has 5 nitrogen and oxygen atoms in total. The van der Waals surface area contributed by atoms with Gasteiger partial charge in [-0.2, -0.15) is 0 Å². The number of methoxy groups -OCH3 is 1. The number of carbonyl (C=O) groups is 1. The molecule has 1 aromatic heterocycles. The Morgan fingerprint density at radius 3 is 2.73 bits per heavy atom. The lowest BCUT2D eigenvalue weighted by atomic mass is 10.2. The maximum atomic E-state index is 12.2. The maximum absolute atomic E-state index is 12.2. The summed E-state index contributed by atoms with van der Waals surface area (Å²) in [6.07, 6.45) is 1.90. The van der Waals surface area contributed by atoms with E-state index in [0.29, 0.717) is 11.4 Å². The average Bonchev–Trinajstić information content (AvgIpc) is 2.84. The van der Waals surface area contributed by atoms with E-state index in [4.69, 9.17) is 4.74 Å². The number of amides is 2. The summed E-state index contributed by atoms with van der Waals surface area (Å²) in [7, 11) is 3.54. The average molecular weight is 295 g/mol. The van der Waals surface area contributed by atoms with Gasteiger partial charge in [-0.05, 0) is 18.2 Å². The highest BCUT2D eigenvalue weighted by Gasteiger charge is 2.09. The standard InChI is InChI=1S/C17H17N3O2/c1-20-11-15(14-8-3-4-9-16(14)20)19-17(21)18-12-6-5-7-13(10-12)22-2/h3-11H,1-2H3,(H2,18,19,21). The molecule has 0 spiro atoms. The Bertz CT molecular complexity index is 824. The predicted molar refractivity (Wildman–Crippen MR) is 88.6 cm³/mol.